The van der Waals surface area contributed by atoms with E-state index in [1.165, 1.54) is 12.8 Å². The number of hydrogen-bond acceptors (Lipinski definition) is 3. The van der Waals surface area contributed by atoms with Gasteiger partial charge in [0.25, 0.3) is 0 Å². The summed E-state index contributed by atoms with van der Waals surface area (Å²) in [6.45, 7) is 0.315. The number of aromatic hydroxyl groups is 1. The molecule has 0 bridgehead atoms. The molecule has 0 atom stereocenters. The van der Waals surface area contributed by atoms with Crippen LogP contribution in [0, 0.1) is 0 Å². The van der Waals surface area contributed by atoms with Crippen molar-refractivity contribution in [3.63, 3.8) is 0 Å². The molecule has 1 aromatic rings. The molecule has 0 amide bonds. The zero-order valence-corrected chi connectivity index (χ0v) is 12.0. The van der Waals surface area contributed by atoms with Gasteiger partial charge in [-0.25, -0.2) is 4.99 Å². The first-order valence-electron chi connectivity index (χ1n) is 5.34. The van der Waals surface area contributed by atoms with Crippen LogP contribution in [0.3, 0.4) is 0 Å². The second kappa shape index (κ2) is 6.04. The number of pyridine rings is 1. The van der Waals surface area contributed by atoms with Gasteiger partial charge in [-0.15, -0.1) is 24.0 Å². The lowest BCUT2D eigenvalue weighted by atomic mass is 10.3. The van der Waals surface area contributed by atoms with Gasteiger partial charge in [0.05, 0.1) is 6.54 Å². The van der Waals surface area contributed by atoms with Gasteiger partial charge in [0.1, 0.15) is 11.4 Å². The maximum Gasteiger partial charge on any atom is 0.191 e. The molecular formula is C11H17IN4O. The molecule has 0 radical (unpaired) electrons. The summed E-state index contributed by atoms with van der Waals surface area (Å²) in [6.07, 6.45) is 3.99. The second-order valence-corrected chi connectivity index (χ2v) is 3.99. The Bertz CT molecular complexity index is 406. The third-order valence-electron chi connectivity index (χ3n) is 2.71. The van der Waals surface area contributed by atoms with Gasteiger partial charge in [-0.05, 0) is 25.0 Å². The highest BCUT2D eigenvalue weighted by Crippen LogP contribution is 2.25. The average Bonchev–Trinajstić information content (AvgIpc) is 3.10. The smallest absolute Gasteiger partial charge is 0.191 e. The average molecular weight is 348 g/mol. The van der Waals surface area contributed by atoms with Gasteiger partial charge < -0.3 is 15.7 Å². The fraction of sp³-hybridized carbons (Fsp3) is 0.455. The molecule has 0 saturated heterocycles. The summed E-state index contributed by atoms with van der Waals surface area (Å²) in [5, 5.41) is 9.50. The van der Waals surface area contributed by atoms with Crippen LogP contribution in [0.1, 0.15) is 18.5 Å². The summed E-state index contributed by atoms with van der Waals surface area (Å²) < 4.78 is 0. The maximum atomic E-state index is 9.50. The molecule has 0 aromatic carbocycles. The number of rotatable bonds is 3. The van der Waals surface area contributed by atoms with Crippen molar-refractivity contribution in [1.29, 1.82) is 0 Å². The highest BCUT2D eigenvalue weighted by Gasteiger charge is 2.27. The Hall–Kier alpha value is -1.05. The third kappa shape index (κ3) is 3.72. The molecule has 1 fully saturated rings. The van der Waals surface area contributed by atoms with E-state index in [1.807, 2.05) is 11.9 Å². The Morgan fingerprint density at radius 2 is 2.35 bits per heavy atom. The Labute approximate surface area is 118 Å². The molecular weight excluding hydrogens is 331 g/mol. The Kier molecular flexibility index (Phi) is 4.98. The van der Waals surface area contributed by atoms with E-state index < -0.39 is 0 Å². The van der Waals surface area contributed by atoms with Crippen molar-refractivity contribution in [1.82, 2.24) is 9.88 Å². The van der Waals surface area contributed by atoms with E-state index in [2.05, 4.69) is 9.98 Å². The predicted octanol–water partition coefficient (Wildman–Crippen LogP) is 1.31. The molecule has 2 rings (SSSR count). The van der Waals surface area contributed by atoms with Gasteiger partial charge in [0, 0.05) is 19.3 Å². The zero-order chi connectivity index (χ0) is 11.5. The number of guanidine groups is 1. The number of aliphatic imine (C=N–C) groups is 1. The first kappa shape index (κ1) is 14.0. The van der Waals surface area contributed by atoms with Crippen molar-refractivity contribution < 1.29 is 5.11 Å². The fourth-order valence-corrected chi connectivity index (χ4v) is 1.47. The standard InChI is InChI=1S/C11H16N4O.HI/c1-15(8-4-5-8)11(12)14-7-9-10(16)3-2-6-13-9;/h2-3,6,8,16H,4-5,7H2,1H3,(H2,12,14);1H. The van der Waals surface area contributed by atoms with Crippen LogP contribution in [-0.2, 0) is 6.54 Å². The van der Waals surface area contributed by atoms with Gasteiger partial charge in [0.2, 0.25) is 0 Å². The number of aromatic nitrogens is 1. The van der Waals surface area contributed by atoms with Crippen LogP contribution in [0.15, 0.2) is 23.3 Å². The quantitative estimate of drug-likeness (QED) is 0.491. The van der Waals surface area contributed by atoms with Crippen molar-refractivity contribution in [3.8, 4) is 5.75 Å². The van der Waals surface area contributed by atoms with E-state index in [9.17, 15) is 5.11 Å². The van der Waals surface area contributed by atoms with Gasteiger partial charge >= 0.3 is 0 Å². The normalized spacial score (nSPS) is 15.2. The molecule has 17 heavy (non-hydrogen) atoms. The highest BCUT2D eigenvalue weighted by molar-refractivity contribution is 14.0. The topological polar surface area (TPSA) is 74.7 Å². The van der Waals surface area contributed by atoms with E-state index in [1.54, 1.807) is 18.3 Å². The lowest BCUT2D eigenvalue weighted by Crippen LogP contribution is -2.35. The lowest BCUT2D eigenvalue weighted by molar-refractivity contribution is 0.462. The summed E-state index contributed by atoms with van der Waals surface area (Å²) in [6, 6.07) is 3.82. The van der Waals surface area contributed by atoms with Crippen molar-refractivity contribution in [2.45, 2.75) is 25.4 Å². The molecule has 1 heterocycles. The predicted molar refractivity (Wildman–Crippen MR) is 77.4 cm³/mol. The molecule has 1 aromatic heterocycles. The highest BCUT2D eigenvalue weighted by atomic mass is 127. The first-order valence-corrected chi connectivity index (χ1v) is 5.34. The largest absolute Gasteiger partial charge is 0.506 e. The molecule has 1 saturated carbocycles. The maximum absolute atomic E-state index is 9.50. The van der Waals surface area contributed by atoms with E-state index in [0.717, 1.165) is 0 Å². The van der Waals surface area contributed by atoms with Crippen LogP contribution < -0.4 is 5.73 Å². The summed E-state index contributed by atoms with van der Waals surface area (Å²) in [7, 11) is 1.94. The fourth-order valence-electron chi connectivity index (χ4n) is 1.47. The number of halogens is 1. The van der Waals surface area contributed by atoms with E-state index in [-0.39, 0.29) is 29.7 Å². The molecule has 5 nitrogen and oxygen atoms in total. The van der Waals surface area contributed by atoms with Crippen LogP contribution in [-0.4, -0.2) is 34.0 Å². The van der Waals surface area contributed by atoms with Gasteiger partial charge in [0.15, 0.2) is 5.96 Å². The first-order chi connectivity index (χ1) is 7.68. The minimum absolute atomic E-state index is 0. The van der Waals surface area contributed by atoms with Crippen LogP contribution in [0.25, 0.3) is 0 Å². The molecule has 3 N–H and O–H groups in total. The molecule has 6 heteroatoms. The van der Waals surface area contributed by atoms with Gasteiger partial charge in [-0.1, -0.05) is 0 Å². The summed E-state index contributed by atoms with van der Waals surface area (Å²) in [5.74, 6) is 0.667. The van der Waals surface area contributed by atoms with E-state index in [0.29, 0.717) is 24.2 Å². The monoisotopic (exact) mass is 348 g/mol. The van der Waals surface area contributed by atoms with Crippen molar-refractivity contribution in [2.24, 2.45) is 10.7 Å². The lowest BCUT2D eigenvalue weighted by Gasteiger charge is -2.16. The Balaban J connectivity index is 0.00000144. The van der Waals surface area contributed by atoms with Crippen LogP contribution in [0.2, 0.25) is 0 Å². The minimum Gasteiger partial charge on any atom is -0.506 e. The number of hydrogen-bond donors (Lipinski definition) is 2. The molecule has 94 valence electrons. The number of nitrogens with zero attached hydrogens (tertiary/aromatic N) is 3. The Morgan fingerprint density at radius 1 is 1.65 bits per heavy atom. The van der Waals surface area contributed by atoms with Crippen molar-refractivity contribution in [3.05, 3.63) is 24.0 Å². The van der Waals surface area contributed by atoms with Crippen LogP contribution in [0.5, 0.6) is 5.75 Å². The zero-order valence-electron chi connectivity index (χ0n) is 9.71. The second-order valence-electron chi connectivity index (χ2n) is 3.99. The summed E-state index contributed by atoms with van der Waals surface area (Å²) in [5.41, 5.74) is 6.37. The molecule has 0 unspecified atom stereocenters. The van der Waals surface area contributed by atoms with Crippen LogP contribution >= 0.6 is 24.0 Å². The SMILES string of the molecule is CN(C(N)=NCc1ncccc1O)C1CC1.I. The van der Waals surface area contributed by atoms with Gasteiger partial charge in [-0.3, -0.25) is 4.98 Å². The van der Waals surface area contributed by atoms with Gasteiger partial charge in [-0.2, -0.15) is 0 Å². The van der Waals surface area contributed by atoms with Crippen LogP contribution in [0.4, 0.5) is 0 Å². The van der Waals surface area contributed by atoms with E-state index >= 15 is 0 Å². The molecule has 1 aliphatic rings. The molecule has 1 aliphatic carbocycles. The summed E-state index contributed by atoms with van der Waals surface area (Å²) in [4.78, 5) is 10.2. The minimum atomic E-state index is 0. The summed E-state index contributed by atoms with van der Waals surface area (Å²) >= 11 is 0. The van der Waals surface area contributed by atoms with E-state index in [4.69, 9.17) is 5.73 Å². The number of nitrogens with two attached hydrogens (primary N) is 1. The van der Waals surface area contributed by atoms with Crippen molar-refractivity contribution in [2.75, 3.05) is 7.05 Å². The molecule has 0 aliphatic heterocycles. The van der Waals surface area contributed by atoms with Crippen molar-refractivity contribution >= 4 is 29.9 Å². The Morgan fingerprint density at radius 3 is 2.94 bits per heavy atom. The third-order valence-corrected chi connectivity index (χ3v) is 2.71. The molecule has 0 spiro atoms.